The van der Waals surface area contributed by atoms with Crippen LogP contribution in [-0.4, -0.2) is 52.7 Å². The van der Waals surface area contributed by atoms with Crippen molar-refractivity contribution in [2.24, 2.45) is 0 Å². The Labute approximate surface area is 194 Å². The molecule has 2 rings (SSSR count). The molecule has 178 valence electrons. The van der Waals surface area contributed by atoms with Gasteiger partial charge in [0, 0.05) is 13.1 Å². The van der Waals surface area contributed by atoms with E-state index in [1.54, 1.807) is 45.0 Å². The van der Waals surface area contributed by atoms with E-state index in [0.717, 1.165) is 5.56 Å². The maximum atomic E-state index is 13.3. The van der Waals surface area contributed by atoms with E-state index in [1.165, 1.54) is 11.8 Å². The van der Waals surface area contributed by atoms with Crippen molar-refractivity contribution in [1.82, 2.24) is 15.5 Å². The maximum Gasteiger partial charge on any atom is 0.408 e. The summed E-state index contributed by atoms with van der Waals surface area (Å²) in [6, 6.07) is 16.3. The van der Waals surface area contributed by atoms with Gasteiger partial charge in [0.1, 0.15) is 17.7 Å². The highest BCUT2D eigenvalue weighted by Gasteiger charge is 2.34. The Morgan fingerprint density at radius 3 is 2.12 bits per heavy atom. The number of amides is 3. The van der Waals surface area contributed by atoms with Gasteiger partial charge in [-0.25, -0.2) is 4.79 Å². The molecule has 8 heteroatoms. The highest BCUT2D eigenvalue weighted by molar-refractivity contribution is 5.92. The predicted molar refractivity (Wildman–Crippen MR) is 125 cm³/mol. The molecule has 0 bridgehead atoms. The third-order valence-corrected chi connectivity index (χ3v) is 4.71. The molecule has 3 amide bonds. The lowest BCUT2D eigenvalue weighted by Crippen LogP contribution is -2.52. The largest absolute Gasteiger partial charge is 0.444 e. The van der Waals surface area contributed by atoms with E-state index in [2.05, 4.69) is 10.6 Å². The number of rotatable bonds is 9. The molecule has 0 aliphatic carbocycles. The summed E-state index contributed by atoms with van der Waals surface area (Å²) in [6.07, 6.45) is -0.739. The number of hydrogen-bond donors (Lipinski definition) is 3. The second-order valence-electron chi connectivity index (χ2n) is 8.64. The number of nitrogens with one attached hydrogen (secondary N) is 2. The molecule has 8 nitrogen and oxygen atoms in total. The van der Waals surface area contributed by atoms with Gasteiger partial charge in [0.05, 0.1) is 6.61 Å². The van der Waals surface area contributed by atoms with E-state index in [9.17, 15) is 19.5 Å². The second-order valence-corrected chi connectivity index (χ2v) is 8.64. The smallest absolute Gasteiger partial charge is 0.408 e. The molecule has 33 heavy (non-hydrogen) atoms. The predicted octanol–water partition coefficient (Wildman–Crippen LogP) is 2.78. The van der Waals surface area contributed by atoms with Crippen LogP contribution < -0.4 is 10.6 Å². The minimum Gasteiger partial charge on any atom is -0.444 e. The Balaban J connectivity index is 2.25. The number of hydrogen-bond acceptors (Lipinski definition) is 5. The molecule has 0 fully saturated rings. The first kappa shape index (κ1) is 25.9. The van der Waals surface area contributed by atoms with Gasteiger partial charge >= 0.3 is 6.09 Å². The molecule has 0 saturated heterocycles. The zero-order valence-electron chi connectivity index (χ0n) is 19.6. The molecule has 2 aromatic rings. The standard InChI is InChI=1S/C25H33N3O5/c1-18(27-24(32)33-25(2,3)4)23(31)28(15-16-29)21(20-13-9-6-10-14-20)22(30)26-17-19-11-7-5-8-12-19/h5-14,18,21,29H,15-17H2,1-4H3,(H,26,30)(H,27,32). The summed E-state index contributed by atoms with van der Waals surface area (Å²) in [5, 5.41) is 15.0. The average molecular weight is 456 g/mol. The summed E-state index contributed by atoms with van der Waals surface area (Å²) in [6.45, 7) is 6.53. The van der Waals surface area contributed by atoms with Gasteiger partial charge in [0.15, 0.2) is 0 Å². The molecule has 3 N–H and O–H groups in total. The van der Waals surface area contributed by atoms with Crippen LogP contribution in [0.4, 0.5) is 4.79 Å². The number of carbonyl (C=O) groups excluding carboxylic acids is 3. The molecule has 0 aliphatic heterocycles. The fourth-order valence-corrected chi connectivity index (χ4v) is 3.26. The second kappa shape index (κ2) is 12.0. The molecule has 2 atom stereocenters. The summed E-state index contributed by atoms with van der Waals surface area (Å²) in [4.78, 5) is 40.0. The lowest BCUT2D eigenvalue weighted by atomic mass is 10.0. The average Bonchev–Trinajstić information content (AvgIpc) is 2.77. The van der Waals surface area contributed by atoms with Gasteiger partial charge in [-0.1, -0.05) is 60.7 Å². The van der Waals surface area contributed by atoms with Gasteiger partial charge in [0.2, 0.25) is 11.8 Å². The lowest BCUT2D eigenvalue weighted by molar-refractivity contribution is -0.142. The Morgan fingerprint density at radius 1 is 1.00 bits per heavy atom. The Kier molecular flexibility index (Phi) is 9.42. The number of nitrogens with zero attached hydrogens (tertiary/aromatic N) is 1. The van der Waals surface area contributed by atoms with Crippen molar-refractivity contribution in [3.05, 3.63) is 71.8 Å². The molecule has 0 saturated carbocycles. The molecular formula is C25H33N3O5. The van der Waals surface area contributed by atoms with Crippen LogP contribution in [0.1, 0.15) is 44.9 Å². The molecule has 0 aromatic heterocycles. The highest BCUT2D eigenvalue weighted by Crippen LogP contribution is 2.22. The fraction of sp³-hybridized carbons (Fsp3) is 0.400. The molecule has 0 spiro atoms. The van der Waals surface area contributed by atoms with Crippen molar-refractivity contribution >= 4 is 17.9 Å². The minimum atomic E-state index is -0.988. The van der Waals surface area contributed by atoms with Crippen LogP contribution >= 0.6 is 0 Å². The van der Waals surface area contributed by atoms with Gasteiger partial charge < -0.3 is 25.4 Å². The summed E-state index contributed by atoms with van der Waals surface area (Å²) in [7, 11) is 0. The van der Waals surface area contributed by atoms with Crippen LogP contribution in [0.25, 0.3) is 0 Å². The minimum absolute atomic E-state index is 0.0858. The Hall–Kier alpha value is -3.39. The van der Waals surface area contributed by atoms with Crippen molar-refractivity contribution in [2.45, 2.75) is 51.9 Å². The molecule has 0 heterocycles. The Morgan fingerprint density at radius 2 is 1.58 bits per heavy atom. The highest BCUT2D eigenvalue weighted by atomic mass is 16.6. The monoisotopic (exact) mass is 455 g/mol. The first-order valence-electron chi connectivity index (χ1n) is 10.9. The summed E-state index contributed by atoms with van der Waals surface area (Å²) in [5.74, 6) is -0.907. The summed E-state index contributed by atoms with van der Waals surface area (Å²) in [5.41, 5.74) is 0.786. The van der Waals surface area contributed by atoms with Crippen LogP contribution in [-0.2, 0) is 20.9 Å². The van der Waals surface area contributed by atoms with E-state index < -0.39 is 35.6 Å². The van der Waals surface area contributed by atoms with Gasteiger partial charge in [-0.15, -0.1) is 0 Å². The van der Waals surface area contributed by atoms with Gasteiger partial charge in [-0.2, -0.15) is 0 Å². The first-order chi connectivity index (χ1) is 15.6. The molecule has 2 aromatic carbocycles. The van der Waals surface area contributed by atoms with E-state index >= 15 is 0 Å². The van der Waals surface area contributed by atoms with Crippen LogP contribution in [0.5, 0.6) is 0 Å². The lowest BCUT2D eigenvalue weighted by Gasteiger charge is -2.33. The first-order valence-corrected chi connectivity index (χ1v) is 10.9. The van der Waals surface area contributed by atoms with Gasteiger partial charge in [-0.3, -0.25) is 9.59 Å². The van der Waals surface area contributed by atoms with Crippen LogP contribution in [0.3, 0.4) is 0 Å². The number of aliphatic hydroxyl groups is 1. The van der Waals surface area contributed by atoms with Gasteiger partial charge in [-0.05, 0) is 38.8 Å². The number of aliphatic hydroxyl groups excluding tert-OH is 1. The van der Waals surface area contributed by atoms with E-state index in [4.69, 9.17) is 4.74 Å². The van der Waals surface area contributed by atoms with Crippen molar-refractivity contribution < 1.29 is 24.2 Å². The Bertz CT molecular complexity index is 913. The summed E-state index contributed by atoms with van der Waals surface area (Å²) < 4.78 is 5.23. The molecule has 0 aliphatic rings. The number of benzene rings is 2. The normalized spacial score (nSPS) is 12.9. The van der Waals surface area contributed by atoms with E-state index in [1.807, 2.05) is 36.4 Å². The molecule has 0 radical (unpaired) electrons. The van der Waals surface area contributed by atoms with Crippen LogP contribution in [0, 0.1) is 0 Å². The number of alkyl carbamates (subject to hydrolysis) is 1. The van der Waals surface area contributed by atoms with Gasteiger partial charge in [0.25, 0.3) is 0 Å². The third-order valence-electron chi connectivity index (χ3n) is 4.71. The quantitative estimate of drug-likeness (QED) is 0.539. The number of ether oxygens (including phenoxy) is 1. The maximum absolute atomic E-state index is 13.3. The SMILES string of the molecule is CC(NC(=O)OC(C)(C)C)C(=O)N(CCO)C(C(=O)NCc1ccccc1)c1ccccc1. The van der Waals surface area contributed by atoms with E-state index in [0.29, 0.717) is 5.56 Å². The number of carbonyl (C=O) groups is 3. The topological polar surface area (TPSA) is 108 Å². The van der Waals surface area contributed by atoms with Crippen molar-refractivity contribution in [3.63, 3.8) is 0 Å². The van der Waals surface area contributed by atoms with Crippen molar-refractivity contribution in [2.75, 3.05) is 13.2 Å². The molecule has 2 unspecified atom stereocenters. The molecular weight excluding hydrogens is 422 g/mol. The third kappa shape index (κ3) is 8.23. The van der Waals surface area contributed by atoms with Crippen LogP contribution in [0.15, 0.2) is 60.7 Å². The van der Waals surface area contributed by atoms with Crippen LogP contribution in [0.2, 0.25) is 0 Å². The fourth-order valence-electron chi connectivity index (χ4n) is 3.26. The summed E-state index contributed by atoms with van der Waals surface area (Å²) >= 11 is 0. The van der Waals surface area contributed by atoms with Crippen molar-refractivity contribution in [1.29, 1.82) is 0 Å². The zero-order chi connectivity index (χ0) is 24.4. The zero-order valence-corrected chi connectivity index (χ0v) is 19.6. The van der Waals surface area contributed by atoms with E-state index in [-0.39, 0.29) is 19.7 Å². The van der Waals surface area contributed by atoms with Crippen molar-refractivity contribution in [3.8, 4) is 0 Å².